The van der Waals surface area contributed by atoms with E-state index in [1.807, 2.05) is 5.32 Å². The number of hydrogen-bond acceptors (Lipinski definition) is 2. The van der Waals surface area contributed by atoms with Gasteiger partial charge in [0.05, 0.1) is 0 Å². The molecule has 0 radical (unpaired) electrons. The second-order valence-corrected chi connectivity index (χ2v) is 3.50. The van der Waals surface area contributed by atoms with Crippen molar-refractivity contribution in [1.82, 2.24) is 10.6 Å². The maximum absolute atomic E-state index is 10.5. The second kappa shape index (κ2) is 4.33. The van der Waals surface area contributed by atoms with Crippen LogP contribution in [-0.4, -0.2) is 28.6 Å². The summed E-state index contributed by atoms with van der Waals surface area (Å²) in [5.41, 5.74) is 0. The molecule has 0 aromatic carbocycles. The fourth-order valence-electron chi connectivity index (χ4n) is 0.398. The van der Waals surface area contributed by atoms with Crippen LogP contribution in [0.25, 0.3) is 0 Å². The first-order chi connectivity index (χ1) is 4.95. The number of amides is 2. The molecule has 0 atom stereocenters. The van der Waals surface area contributed by atoms with Crippen LogP contribution in [0, 0.1) is 0 Å². The topological polar surface area (TPSA) is 98.7 Å². The molecule has 2 amide bonds. The first-order valence-electron chi connectivity index (χ1n) is 3.02. The first kappa shape index (κ1) is 10.4. The van der Waals surface area contributed by atoms with Crippen LogP contribution >= 0.6 is 7.60 Å². The zero-order valence-corrected chi connectivity index (χ0v) is 6.97. The fourth-order valence-corrected chi connectivity index (χ4v) is 0.747. The summed E-state index contributed by atoms with van der Waals surface area (Å²) < 4.78 is 10.2. The van der Waals surface area contributed by atoms with Gasteiger partial charge in [-0.25, -0.2) is 4.79 Å². The van der Waals surface area contributed by atoms with Gasteiger partial charge in [0.25, 0.3) is 0 Å². The molecule has 0 unspecified atom stereocenters. The second-order valence-electron chi connectivity index (χ2n) is 1.86. The third kappa shape index (κ3) is 7.32. The monoisotopic (exact) mass is 182 g/mol. The van der Waals surface area contributed by atoms with E-state index in [4.69, 9.17) is 9.79 Å². The summed E-state index contributed by atoms with van der Waals surface area (Å²) in [6.07, 6.45) is -0.626. The van der Waals surface area contributed by atoms with Gasteiger partial charge in [-0.3, -0.25) is 4.57 Å². The van der Waals surface area contributed by atoms with Crippen LogP contribution in [0.2, 0.25) is 0 Å². The number of carbonyl (C=O) groups is 1. The Morgan fingerprint density at radius 3 is 2.36 bits per heavy atom. The molecule has 0 rings (SSSR count). The predicted molar refractivity (Wildman–Crippen MR) is 39.1 cm³/mol. The van der Waals surface area contributed by atoms with Gasteiger partial charge >= 0.3 is 13.6 Å². The van der Waals surface area contributed by atoms with E-state index in [0.29, 0.717) is 6.54 Å². The van der Waals surface area contributed by atoms with E-state index in [9.17, 15) is 9.36 Å². The molecule has 11 heavy (non-hydrogen) atoms. The molecule has 0 aromatic rings. The molecule has 7 heteroatoms. The Bertz CT molecular complexity index is 177. The molecule has 0 spiro atoms. The van der Waals surface area contributed by atoms with Gasteiger partial charge < -0.3 is 20.4 Å². The summed E-state index contributed by atoms with van der Waals surface area (Å²) >= 11 is 0. The van der Waals surface area contributed by atoms with Crippen LogP contribution in [0.5, 0.6) is 0 Å². The van der Waals surface area contributed by atoms with Gasteiger partial charge in [-0.15, -0.1) is 0 Å². The Hall–Kier alpha value is -0.580. The van der Waals surface area contributed by atoms with E-state index in [1.165, 1.54) is 0 Å². The van der Waals surface area contributed by atoms with E-state index in [-0.39, 0.29) is 0 Å². The average molecular weight is 182 g/mol. The van der Waals surface area contributed by atoms with Crippen molar-refractivity contribution in [2.24, 2.45) is 0 Å². The third-order valence-electron chi connectivity index (χ3n) is 0.783. The summed E-state index contributed by atoms with van der Waals surface area (Å²) in [7, 11) is -4.12. The van der Waals surface area contributed by atoms with E-state index >= 15 is 0 Å². The lowest BCUT2D eigenvalue weighted by atomic mass is 10.7. The summed E-state index contributed by atoms with van der Waals surface area (Å²) in [6, 6.07) is -0.573. The van der Waals surface area contributed by atoms with Crippen molar-refractivity contribution in [3.63, 3.8) is 0 Å². The summed E-state index contributed by atoms with van der Waals surface area (Å²) in [5, 5.41) is 4.34. The maximum Gasteiger partial charge on any atom is 0.344 e. The predicted octanol–water partition coefficient (Wildman–Crippen LogP) is -0.559. The fraction of sp³-hybridized carbons (Fsp3) is 0.750. The Morgan fingerprint density at radius 2 is 2.00 bits per heavy atom. The lowest BCUT2D eigenvalue weighted by molar-refractivity contribution is 0.241. The van der Waals surface area contributed by atoms with Crippen LogP contribution in [-0.2, 0) is 4.57 Å². The molecule has 4 N–H and O–H groups in total. The third-order valence-corrected chi connectivity index (χ3v) is 1.35. The van der Waals surface area contributed by atoms with Crippen LogP contribution < -0.4 is 10.6 Å². The largest absolute Gasteiger partial charge is 0.344 e. The Balaban J connectivity index is 3.55. The highest BCUT2D eigenvalue weighted by molar-refractivity contribution is 7.51. The van der Waals surface area contributed by atoms with E-state index < -0.39 is 19.9 Å². The quantitative estimate of drug-likeness (QED) is 0.439. The zero-order chi connectivity index (χ0) is 8.91. The lowest BCUT2D eigenvalue weighted by Gasteiger charge is -2.05. The van der Waals surface area contributed by atoms with Crippen molar-refractivity contribution >= 4 is 13.6 Å². The molecule has 6 nitrogen and oxygen atoms in total. The van der Waals surface area contributed by atoms with Gasteiger partial charge in [-0.05, 0) is 6.92 Å². The molecular weight excluding hydrogens is 171 g/mol. The van der Waals surface area contributed by atoms with Gasteiger partial charge in [0.2, 0.25) is 0 Å². The smallest absolute Gasteiger partial charge is 0.338 e. The minimum atomic E-state index is -4.12. The van der Waals surface area contributed by atoms with Crippen molar-refractivity contribution < 1.29 is 19.1 Å². The minimum Gasteiger partial charge on any atom is -0.338 e. The lowest BCUT2D eigenvalue weighted by Crippen LogP contribution is -2.35. The molecule has 0 aliphatic carbocycles. The number of hydrogen-bond donors (Lipinski definition) is 4. The van der Waals surface area contributed by atoms with Crippen LogP contribution in [0.1, 0.15) is 6.92 Å². The molecule has 0 aliphatic heterocycles. The highest BCUT2D eigenvalue weighted by Crippen LogP contribution is 2.31. The number of urea groups is 1. The molecule has 0 fully saturated rings. The molecule has 0 heterocycles. The van der Waals surface area contributed by atoms with Crippen molar-refractivity contribution in [2.45, 2.75) is 6.92 Å². The molecule has 0 aliphatic rings. The van der Waals surface area contributed by atoms with Crippen molar-refractivity contribution in [3.8, 4) is 0 Å². The Morgan fingerprint density at radius 1 is 1.45 bits per heavy atom. The highest BCUT2D eigenvalue weighted by atomic mass is 31.2. The van der Waals surface area contributed by atoms with Crippen molar-refractivity contribution in [3.05, 3.63) is 0 Å². The van der Waals surface area contributed by atoms with Crippen molar-refractivity contribution in [2.75, 3.05) is 12.8 Å². The normalized spacial score (nSPS) is 10.8. The van der Waals surface area contributed by atoms with Crippen LogP contribution in [0.3, 0.4) is 0 Å². The van der Waals surface area contributed by atoms with Gasteiger partial charge in [0.15, 0.2) is 0 Å². The van der Waals surface area contributed by atoms with Crippen molar-refractivity contribution in [1.29, 1.82) is 0 Å². The van der Waals surface area contributed by atoms with E-state index in [1.54, 1.807) is 6.92 Å². The SMILES string of the molecule is CCNC(=O)NCP(=O)(O)O. The minimum absolute atomic E-state index is 0.424. The Labute approximate surface area is 64.1 Å². The molecule has 66 valence electrons. The number of carbonyl (C=O) groups excluding carboxylic acids is 1. The molecule has 0 aromatic heterocycles. The van der Waals surface area contributed by atoms with E-state index in [2.05, 4.69) is 5.32 Å². The maximum atomic E-state index is 10.5. The standard InChI is InChI=1S/C4H11N2O4P/c1-2-5-4(7)6-3-11(8,9)10/h2-3H2,1H3,(H2,5,6,7)(H2,8,9,10). The first-order valence-corrected chi connectivity index (χ1v) is 4.81. The van der Waals surface area contributed by atoms with Gasteiger partial charge in [0.1, 0.15) is 6.29 Å². The molecular formula is C4H11N2O4P. The van der Waals surface area contributed by atoms with Gasteiger partial charge in [-0.2, -0.15) is 0 Å². The molecule has 0 saturated carbocycles. The summed E-state index contributed by atoms with van der Waals surface area (Å²) in [4.78, 5) is 27.1. The number of rotatable bonds is 3. The average Bonchev–Trinajstić information content (AvgIpc) is 1.83. The highest BCUT2D eigenvalue weighted by Gasteiger charge is 2.13. The number of nitrogens with one attached hydrogen (secondary N) is 2. The summed E-state index contributed by atoms with van der Waals surface area (Å²) in [5.74, 6) is 0. The van der Waals surface area contributed by atoms with Gasteiger partial charge in [0, 0.05) is 6.54 Å². The molecule has 0 bridgehead atoms. The Kier molecular flexibility index (Phi) is 4.10. The van der Waals surface area contributed by atoms with Crippen LogP contribution in [0.15, 0.2) is 0 Å². The zero-order valence-electron chi connectivity index (χ0n) is 6.07. The van der Waals surface area contributed by atoms with Crippen LogP contribution in [0.4, 0.5) is 4.79 Å². The van der Waals surface area contributed by atoms with Gasteiger partial charge in [-0.1, -0.05) is 0 Å². The molecule has 0 saturated heterocycles. The summed E-state index contributed by atoms with van der Waals surface area (Å²) in [6.45, 7) is 2.13. The van der Waals surface area contributed by atoms with E-state index in [0.717, 1.165) is 0 Å².